The van der Waals surface area contributed by atoms with Crippen LogP contribution in [0.4, 0.5) is 4.79 Å². The van der Waals surface area contributed by atoms with Crippen molar-refractivity contribution in [3.8, 4) is 0 Å². The molecule has 0 atom stereocenters. The van der Waals surface area contributed by atoms with Crippen LogP contribution in [-0.4, -0.2) is 27.7 Å². The minimum Gasteiger partial charge on any atom is -0.443 e. The second kappa shape index (κ2) is 7.45. The molecule has 1 heterocycles. The second-order valence-corrected chi connectivity index (χ2v) is 6.10. The molecule has 0 saturated heterocycles. The van der Waals surface area contributed by atoms with E-state index in [-0.39, 0.29) is 0 Å². The molecule has 1 aromatic heterocycles. The molecule has 6 nitrogen and oxygen atoms in total. The minimum atomic E-state index is -0.606. The van der Waals surface area contributed by atoms with Gasteiger partial charge in [-0.2, -0.15) is 10.2 Å². The molecule has 0 radical (unpaired) electrons. The smallest absolute Gasteiger partial charge is 0.428 e. The molecular weight excluding hydrogens is 292 g/mol. The maximum Gasteiger partial charge on any atom is 0.428 e. The van der Waals surface area contributed by atoms with Crippen LogP contribution in [0.3, 0.4) is 0 Å². The van der Waals surface area contributed by atoms with Crippen molar-refractivity contribution in [2.45, 2.75) is 59.6 Å². The third kappa shape index (κ3) is 5.75. The average Bonchev–Trinajstić information content (AvgIpc) is 2.61. The van der Waals surface area contributed by atoms with E-state index in [0.717, 1.165) is 25.1 Å². The molecule has 1 amide bonds. The van der Waals surface area contributed by atoms with Gasteiger partial charge in [0.2, 0.25) is 0 Å². The van der Waals surface area contributed by atoms with Crippen molar-refractivity contribution in [2.75, 3.05) is 0 Å². The average molecular weight is 315 g/mol. The summed E-state index contributed by atoms with van der Waals surface area (Å²) < 4.78 is 6.82. The van der Waals surface area contributed by atoms with E-state index >= 15 is 0 Å². The standard InChI is InChI=1S/C14H23ClN4O2/c1-6-7-8-19-12(15)11(10(2)18-19)9-16-17-13(20)21-14(3,4)5/h9H,6-8H2,1-5H3,(H,17,20)/b16-9-. The fourth-order valence-corrected chi connectivity index (χ4v) is 1.93. The Bertz CT molecular complexity index is 518. The quantitative estimate of drug-likeness (QED) is 0.668. The molecule has 0 aliphatic rings. The largest absolute Gasteiger partial charge is 0.443 e. The Morgan fingerprint density at radius 1 is 1.52 bits per heavy atom. The third-order valence-electron chi connectivity index (χ3n) is 2.58. The number of ether oxygens (including phenoxy) is 1. The molecule has 1 N–H and O–H groups in total. The number of nitrogens with one attached hydrogen (secondary N) is 1. The first kappa shape index (κ1) is 17.5. The summed E-state index contributed by atoms with van der Waals surface area (Å²) in [6.07, 6.45) is 2.95. The van der Waals surface area contributed by atoms with Gasteiger partial charge in [-0.25, -0.2) is 10.2 Å². The monoisotopic (exact) mass is 314 g/mol. The van der Waals surface area contributed by atoms with Crippen LogP contribution >= 0.6 is 11.6 Å². The summed E-state index contributed by atoms with van der Waals surface area (Å²) in [5.74, 6) is 0. The van der Waals surface area contributed by atoms with Crippen LogP contribution in [-0.2, 0) is 11.3 Å². The summed E-state index contributed by atoms with van der Waals surface area (Å²) in [5.41, 5.74) is 3.22. The molecule has 0 aliphatic carbocycles. The van der Waals surface area contributed by atoms with Crippen LogP contribution in [0, 0.1) is 6.92 Å². The second-order valence-electron chi connectivity index (χ2n) is 5.74. The summed E-state index contributed by atoms with van der Waals surface area (Å²) in [4.78, 5) is 11.5. The Morgan fingerprint density at radius 2 is 2.19 bits per heavy atom. The maximum atomic E-state index is 11.5. The van der Waals surface area contributed by atoms with Gasteiger partial charge in [0.05, 0.1) is 17.5 Å². The predicted molar refractivity (Wildman–Crippen MR) is 83.8 cm³/mol. The Hall–Kier alpha value is -1.56. The highest BCUT2D eigenvalue weighted by Crippen LogP contribution is 2.18. The first-order valence-electron chi connectivity index (χ1n) is 6.99. The van der Waals surface area contributed by atoms with Crippen molar-refractivity contribution >= 4 is 23.9 Å². The number of hydrazone groups is 1. The molecule has 1 aromatic rings. The highest BCUT2D eigenvalue weighted by molar-refractivity contribution is 6.32. The van der Waals surface area contributed by atoms with Gasteiger partial charge >= 0.3 is 6.09 Å². The first-order valence-corrected chi connectivity index (χ1v) is 7.37. The van der Waals surface area contributed by atoms with Crippen molar-refractivity contribution < 1.29 is 9.53 Å². The Morgan fingerprint density at radius 3 is 2.76 bits per heavy atom. The number of carbonyl (C=O) groups is 1. The predicted octanol–water partition coefficient (Wildman–Crippen LogP) is 3.50. The topological polar surface area (TPSA) is 68.5 Å². The number of carbonyl (C=O) groups excluding carboxylic acids is 1. The van der Waals surface area contributed by atoms with Crippen molar-refractivity contribution in [3.05, 3.63) is 16.4 Å². The van der Waals surface area contributed by atoms with E-state index in [0.29, 0.717) is 10.7 Å². The lowest BCUT2D eigenvalue weighted by Crippen LogP contribution is -2.29. The number of nitrogens with zero attached hydrogens (tertiary/aromatic N) is 3. The lowest BCUT2D eigenvalue weighted by Gasteiger charge is -2.18. The van der Waals surface area contributed by atoms with Crippen LogP contribution in [0.15, 0.2) is 5.10 Å². The molecule has 0 saturated carbocycles. The molecule has 118 valence electrons. The summed E-state index contributed by atoms with van der Waals surface area (Å²) in [6, 6.07) is 0. The van der Waals surface area contributed by atoms with Gasteiger partial charge < -0.3 is 4.74 Å². The van der Waals surface area contributed by atoms with Gasteiger partial charge in [0.15, 0.2) is 0 Å². The number of rotatable bonds is 5. The Balaban J connectivity index is 2.68. The molecule has 0 fully saturated rings. The van der Waals surface area contributed by atoms with Gasteiger partial charge in [-0.3, -0.25) is 4.68 Å². The molecule has 21 heavy (non-hydrogen) atoms. The van der Waals surface area contributed by atoms with Crippen molar-refractivity contribution in [1.29, 1.82) is 0 Å². The zero-order chi connectivity index (χ0) is 16.0. The number of amides is 1. The molecule has 0 aliphatic heterocycles. The lowest BCUT2D eigenvalue weighted by molar-refractivity contribution is 0.0529. The molecule has 0 aromatic carbocycles. The van der Waals surface area contributed by atoms with Gasteiger partial charge in [-0.05, 0) is 34.1 Å². The molecular formula is C14H23ClN4O2. The third-order valence-corrected chi connectivity index (χ3v) is 2.98. The van der Waals surface area contributed by atoms with Crippen molar-refractivity contribution in [3.63, 3.8) is 0 Å². The van der Waals surface area contributed by atoms with Crippen LogP contribution in [0.2, 0.25) is 5.15 Å². The van der Waals surface area contributed by atoms with E-state index in [4.69, 9.17) is 16.3 Å². The maximum absolute atomic E-state index is 11.5. The van der Waals surface area contributed by atoms with Gasteiger partial charge in [-0.1, -0.05) is 24.9 Å². The number of unbranched alkanes of at least 4 members (excludes halogenated alkanes) is 1. The van der Waals surface area contributed by atoms with E-state index in [1.54, 1.807) is 25.5 Å². The Labute approximate surface area is 130 Å². The van der Waals surface area contributed by atoms with E-state index in [9.17, 15) is 4.79 Å². The molecule has 0 bridgehead atoms. The molecule has 0 unspecified atom stereocenters. The molecule has 1 rings (SSSR count). The first-order chi connectivity index (χ1) is 9.74. The summed E-state index contributed by atoms with van der Waals surface area (Å²) in [6.45, 7) is 10.1. The van der Waals surface area contributed by atoms with E-state index in [1.165, 1.54) is 6.21 Å². The van der Waals surface area contributed by atoms with Crippen molar-refractivity contribution in [1.82, 2.24) is 15.2 Å². The number of hydrogen-bond acceptors (Lipinski definition) is 4. The number of hydrogen-bond donors (Lipinski definition) is 1. The number of aromatic nitrogens is 2. The van der Waals surface area contributed by atoms with E-state index in [2.05, 4.69) is 22.5 Å². The highest BCUT2D eigenvalue weighted by Gasteiger charge is 2.16. The van der Waals surface area contributed by atoms with Crippen LogP contribution in [0.25, 0.3) is 0 Å². The minimum absolute atomic E-state index is 0.524. The van der Waals surface area contributed by atoms with Crippen molar-refractivity contribution in [2.24, 2.45) is 5.10 Å². The van der Waals surface area contributed by atoms with Gasteiger partial charge in [-0.15, -0.1) is 0 Å². The zero-order valence-corrected chi connectivity index (χ0v) is 14.0. The fraction of sp³-hybridized carbons (Fsp3) is 0.643. The summed E-state index contributed by atoms with van der Waals surface area (Å²) in [5, 5.41) is 8.73. The lowest BCUT2D eigenvalue weighted by atomic mass is 10.2. The van der Waals surface area contributed by atoms with Gasteiger partial charge in [0.1, 0.15) is 10.8 Å². The highest BCUT2D eigenvalue weighted by atomic mass is 35.5. The summed E-state index contributed by atoms with van der Waals surface area (Å²) >= 11 is 6.25. The molecule has 7 heteroatoms. The van der Waals surface area contributed by atoms with E-state index < -0.39 is 11.7 Å². The van der Waals surface area contributed by atoms with E-state index in [1.807, 2.05) is 6.92 Å². The van der Waals surface area contributed by atoms with Crippen LogP contribution < -0.4 is 5.43 Å². The number of halogens is 1. The van der Waals surface area contributed by atoms with Crippen LogP contribution in [0.5, 0.6) is 0 Å². The Kier molecular flexibility index (Phi) is 6.20. The zero-order valence-electron chi connectivity index (χ0n) is 13.2. The summed E-state index contributed by atoms with van der Waals surface area (Å²) in [7, 11) is 0. The van der Waals surface area contributed by atoms with Gasteiger partial charge in [0.25, 0.3) is 0 Å². The molecule has 0 spiro atoms. The van der Waals surface area contributed by atoms with Crippen LogP contribution in [0.1, 0.15) is 51.8 Å². The normalized spacial score (nSPS) is 11.9. The fourth-order valence-electron chi connectivity index (χ4n) is 1.62. The van der Waals surface area contributed by atoms with Gasteiger partial charge in [0, 0.05) is 6.54 Å². The number of aryl methyl sites for hydroxylation is 2. The SMILES string of the molecule is CCCCn1nc(C)c(/C=N\NC(=O)OC(C)(C)C)c1Cl.